The van der Waals surface area contributed by atoms with Crippen LogP contribution < -0.4 is 0 Å². The van der Waals surface area contributed by atoms with Gasteiger partial charge in [0, 0.05) is 17.4 Å². The molecule has 146 valence electrons. The van der Waals surface area contributed by atoms with Crippen molar-refractivity contribution in [3.8, 4) is 0 Å². The van der Waals surface area contributed by atoms with Gasteiger partial charge >= 0.3 is 0 Å². The lowest BCUT2D eigenvalue weighted by atomic mass is 9.97. The van der Waals surface area contributed by atoms with Crippen molar-refractivity contribution in [3.63, 3.8) is 0 Å². The van der Waals surface area contributed by atoms with Crippen molar-refractivity contribution in [2.75, 3.05) is 26.4 Å². The average molecular weight is 435 g/mol. The fourth-order valence-electron chi connectivity index (χ4n) is 2.50. The van der Waals surface area contributed by atoms with Crippen LogP contribution in [0.15, 0.2) is 30.3 Å². The Hall–Kier alpha value is 0.320. The first-order valence-corrected chi connectivity index (χ1v) is 13.8. The summed E-state index contributed by atoms with van der Waals surface area (Å²) in [6.45, 7) is 5.48. The fraction of sp³-hybridized carbons (Fsp3) is 0.647. The standard InChI is InChI=1S/C17H27NO4P2S2/c1-16(2)11-19-23(25,20-12-16)18(10-15-8-6-5-7-9-15)24(26)21-13-17(3,4)14-22-24/h5-9H,10-14H2,1-4H3. The van der Waals surface area contributed by atoms with E-state index in [2.05, 4.69) is 27.7 Å². The van der Waals surface area contributed by atoms with Crippen LogP contribution in [0, 0.1) is 10.8 Å². The van der Waals surface area contributed by atoms with Crippen molar-refractivity contribution < 1.29 is 18.1 Å². The van der Waals surface area contributed by atoms with Gasteiger partial charge in [-0.1, -0.05) is 58.0 Å². The maximum atomic E-state index is 6.12. The Morgan fingerprint density at radius 3 is 1.58 bits per heavy atom. The molecule has 2 aliphatic rings. The van der Waals surface area contributed by atoms with Crippen LogP contribution in [0.1, 0.15) is 33.3 Å². The summed E-state index contributed by atoms with van der Waals surface area (Å²) >= 11 is 11.8. The van der Waals surface area contributed by atoms with Crippen LogP contribution in [0.5, 0.6) is 0 Å². The van der Waals surface area contributed by atoms with Crippen LogP contribution in [-0.4, -0.2) is 30.9 Å². The third-order valence-electron chi connectivity index (χ3n) is 4.21. The van der Waals surface area contributed by atoms with Crippen molar-refractivity contribution in [3.05, 3.63) is 35.9 Å². The second-order valence-corrected chi connectivity index (χ2v) is 15.3. The Morgan fingerprint density at radius 1 is 0.808 bits per heavy atom. The van der Waals surface area contributed by atoms with Crippen LogP contribution in [-0.2, 0) is 48.3 Å². The molecule has 0 bridgehead atoms. The van der Waals surface area contributed by atoms with E-state index in [0.717, 1.165) is 5.56 Å². The van der Waals surface area contributed by atoms with Gasteiger partial charge < -0.3 is 18.1 Å². The van der Waals surface area contributed by atoms with Gasteiger partial charge in [0.25, 0.3) is 13.3 Å². The van der Waals surface area contributed by atoms with Crippen molar-refractivity contribution in [1.29, 1.82) is 0 Å². The molecule has 2 aliphatic heterocycles. The summed E-state index contributed by atoms with van der Waals surface area (Å²) in [5, 5.41) is 0. The first kappa shape index (κ1) is 21.0. The minimum Gasteiger partial charge on any atom is -0.317 e. The van der Waals surface area contributed by atoms with Gasteiger partial charge in [-0.2, -0.15) is 4.44 Å². The highest BCUT2D eigenvalue weighted by molar-refractivity contribution is 8.17. The molecule has 0 N–H and O–H groups in total. The van der Waals surface area contributed by atoms with E-state index in [4.69, 9.17) is 41.7 Å². The number of rotatable bonds is 4. The van der Waals surface area contributed by atoms with E-state index in [0.29, 0.717) is 33.0 Å². The molecule has 0 aromatic heterocycles. The molecule has 9 heteroatoms. The predicted octanol–water partition coefficient (Wildman–Crippen LogP) is 5.08. The Kier molecular flexibility index (Phi) is 6.17. The molecule has 0 spiro atoms. The quantitative estimate of drug-likeness (QED) is 0.611. The van der Waals surface area contributed by atoms with Crippen molar-refractivity contribution in [2.45, 2.75) is 34.2 Å². The maximum Gasteiger partial charge on any atom is 0.271 e. The summed E-state index contributed by atoms with van der Waals surface area (Å²) in [5.41, 5.74) is 0.948. The molecule has 0 saturated carbocycles. The predicted molar refractivity (Wildman–Crippen MR) is 112 cm³/mol. The van der Waals surface area contributed by atoms with E-state index in [1.807, 2.05) is 34.8 Å². The number of hydrogen-bond acceptors (Lipinski definition) is 6. The topological polar surface area (TPSA) is 40.2 Å². The summed E-state index contributed by atoms with van der Waals surface area (Å²) in [6, 6.07) is 10.1. The lowest BCUT2D eigenvalue weighted by molar-refractivity contribution is 0.0306. The van der Waals surface area contributed by atoms with Gasteiger partial charge in [0.15, 0.2) is 0 Å². The van der Waals surface area contributed by atoms with Gasteiger partial charge in [0.1, 0.15) is 0 Å². The highest BCUT2D eigenvalue weighted by Crippen LogP contribution is 2.72. The molecule has 0 unspecified atom stereocenters. The summed E-state index contributed by atoms with van der Waals surface area (Å²) in [4.78, 5) is 0. The van der Waals surface area contributed by atoms with Crippen molar-refractivity contribution in [2.24, 2.45) is 10.8 Å². The monoisotopic (exact) mass is 435 g/mol. The lowest BCUT2D eigenvalue weighted by Gasteiger charge is -2.47. The normalized spacial score (nSPS) is 26.5. The van der Waals surface area contributed by atoms with E-state index < -0.39 is 13.3 Å². The second kappa shape index (κ2) is 7.62. The first-order chi connectivity index (χ1) is 12.0. The minimum absolute atomic E-state index is 0.0654. The van der Waals surface area contributed by atoms with Gasteiger partial charge in [-0.25, -0.2) is 0 Å². The zero-order valence-corrected chi connectivity index (χ0v) is 19.1. The molecular formula is C17H27NO4P2S2. The SMILES string of the molecule is CC1(C)COP(=S)(N(Cc2ccccc2)P2(=S)OCC(C)(C)CO2)OC1. The fourth-order valence-corrected chi connectivity index (χ4v) is 10.7. The molecule has 1 aromatic rings. The molecule has 2 saturated heterocycles. The van der Waals surface area contributed by atoms with E-state index in [1.165, 1.54) is 0 Å². The third-order valence-corrected chi connectivity index (χ3v) is 12.0. The van der Waals surface area contributed by atoms with Gasteiger partial charge in [-0.05, 0) is 29.2 Å². The zero-order valence-electron chi connectivity index (χ0n) is 15.7. The van der Waals surface area contributed by atoms with E-state index >= 15 is 0 Å². The summed E-state index contributed by atoms with van der Waals surface area (Å²) in [6.07, 6.45) is 0. The van der Waals surface area contributed by atoms with E-state index in [9.17, 15) is 0 Å². The summed E-state index contributed by atoms with van der Waals surface area (Å²) < 4.78 is 26.4. The minimum atomic E-state index is -2.78. The van der Waals surface area contributed by atoms with Gasteiger partial charge in [-0.3, -0.25) is 0 Å². The van der Waals surface area contributed by atoms with Gasteiger partial charge in [-0.15, -0.1) is 0 Å². The Bertz CT molecular complexity index is 672. The van der Waals surface area contributed by atoms with Crippen LogP contribution in [0.2, 0.25) is 0 Å². The molecule has 0 aliphatic carbocycles. The lowest BCUT2D eigenvalue weighted by Crippen LogP contribution is -2.37. The number of nitrogens with zero attached hydrogens (tertiary/aromatic N) is 1. The highest BCUT2D eigenvalue weighted by atomic mass is 32.5. The van der Waals surface area contributed by atoms with E-state index in [1.54, 1.807) is 0 Å². The van der Waals surface area contributed by atoms with Crippen LogP contribution in [0.3, 0.4) is 0 Å². The molecule has 26 heavy (non-hydrogen) atoms. The summed E-state index contributed by atoms with van der Waals surface area (Å²) in [5.74, 6) is 0. The molecular weight excluding hydrogens is 408 g/mol. The second-order valence-electron chi connectivity index (χ2n) is 8.38. The molecule has 5 nitrogen and oxygen atoms in total. The van der Waals surface area contributed by atoms with Crippen LogP contribution in [0.25, 0.3) is 0 Å². The molecule has 0 amide bonds. The Balaban J connectivity index is 1.90. The molecule has 1 aromatic carbocycles. The van der Waals surface area contributed by atoms with Gasteiger partial charge in [0.05, 0.1) is 26.4 Å². The largest absolute Gasteiger partial charge is 0.317 e. The number of hydrogen-bond donors (Lipinski definition) is 0. The third kappa shape index (κ3) is 4.83. The maximum absolute atomic E-state index is 6.12. The molecule has 0 radical (unpaired) electrons. The number of benzene rings is 1. The van der Waals surface area contributed by atoms with Crippen LogP contribution >= 0.6 is 13.3 Å². The Morgan fingerprint density at radius 2 is 1.19 bits per heavy atom. The highest BCUT2D eigenvalue weighted by Gasteiger charge is 2.48. The molecule has 2 fully saturated rings. The van der Waals surface area contributed by atoms with Crippen molar-refractivity contribution in [1.82, 2.24) is 4.44 Å². The van der Waals surface area contributed by atoms with Crippen molar-refractivity contribution >= 4 is 36.9 Å². The zero-order chi connectivity index (χ0) is 19.1. The molecule has 0 atom stereocenters. The smallest absolute Gasteiger partial charge is 0.271 e. The van der Waals surface area contributed by atoms with Crippen LogP contribution in [0.4, 0.5) is 0 Å². The Labute approximate surface area is 166 Å². The average Bonchev–Trinajstić information content (AvgIpc) is 2.60. The van der Waals surface area contributed by atoms with Gasteiger partial charge in [0.2, 0.25) is 0 Å². The molecule has 3 rings (SSSR count). The first-order valence-electron chi connectivity index (χ1n) is 8.64. The van der Waals surface area contributed by atoms with E-state index in [-0.39, 0.29) is 10.8 Å². The molecule has 2 heterocycles. The summed E-state index contributed by atoms with van der Waals surface area (Å²) in [7, 11) is 0.